The Morgan fingerprint density at radius 2 is 1.19 bits per heavy atom. The van der Waals surface area contributed by atoms with E-state index in [2.05, 4.69) is 23.0 Å². The molecule has 0 amide bonds. The first-order valence-electron chi connectivity index (χ1n) is 12.3. The summed E-state index contributed by atoms with van der Waals surface area (Å²) in [7, 11) is 0. The van der Waals surface area contributed by atoms with Crippen molar-refractivity contribution in [2.45, 2.75) is 129 Å². The van der Waals surface area contributed by atoms with E-state index in [1.165, 1.54) is 116 Å². The molecule has 3 heteroatoms. The van der Waals surface area contributed by atoms with Crippen molar-refractivity contribution in [2.75, 3.05) is 19.7 Å². The topological polar surface area (TPSA) is 35.3 Å². The highest BCUT2D eigenvalue weighted by Gasteiger charge is 2.23. The average molecular weight is 382 g/mol. The van der Waals surface area contributed by atoms with Crippen LogP contribution in [0.1, 0.15) is 122 Å². The predicted molar refractivity (Wildman–Crippen MR) is 119 cm³/mol. The largest absolute Gasteiger partial charge is 0.390 e. The fourth-order valence-electron chi connectivity index (χ4n) is 4.24. The summed E-state index contributed by atoms with van der Waals surface area (Å²) in [6.07, 6.45) is 28.2. The summed E-state index contributed by atoms with van der Waals surface area (Å²) >= 11 is 0. The predicted octanol–water partition coefficient (Wildman–Crippen LogP) is 6.03. The minimum absolute atomic E-state index is 0.258. The minimum atomic E-state index is 0.258. The van der Waals surface area contributed by atoms with Gasteiger partial charge in [-0.3, -0.25) is 0 Å². The van der Waals surface area contributed by atoms with Gasteiger partial charge in [0.15, 0.2) is 12.8 Å². The molecule has 1 aliphatic rings. The molecule has 0 bridgehead atoms. The van der Waals surface area contributed by atoms with Crippen LogP contribution in [0.5, 0.6) is 0 Å². The van der Waals surface area contributed by atoms with Gasteiger partial charge in [-0.1, -0.05) is 110 Å². The molecular formula is C24H49N2O+. The molecule has 0 aromatic carbocycles. The van der Waals surface area contributed by atoms with Crippen molar-refractivity contribution in [1.29, 1.82) is 0 Å². The monoisotopic (exact) mass is 381 g/mol. The lowest BCUT2D eigenvalue weighted by atomic mass is 10.0. The molecule has 0 fully saturated rings. The van der Waals surface area contributed by atoms with Gasteiger partial charge in [0.05, 0.1) is 6.54 Å². The van der Waals surface area contributed by atoms with Crippen molar-refractivity contribution >= 4 is 6.21 Å². The van der Waals surface area contributed by atoms with E-state index in [9.17, 15) is 0 Å². The minimum Gasteiger partial charge on any atom is -0.390 e. The normalized spacial score (nSPS) is 16.8. The molecule has 0 radical (unpaired) electrons. The van der Waals surface area contributed by atoms with Crippen molar-refractivity contribution in [3.8, 4) is 0 Å². The van der Waals surface area contributed by atoms with Crippen LogP contribution in [0, 0.1) is 0 Å². The second kappa shape index (κ2) is 18.9. The van der Waals surface area contributed by atoms with E-state index in [1.54, 1.807) is 0 Å². The van der Waals surface area contributed by atoms with Gasteiger partial charge < -0.3 is 5.11 Å². The maximum atomic E-state index is 9.08. The van der Waals surface area contributed by atoms with Crippen LogP contribution in [0.4, 0.5) is 0 Å². The zero-order valence-corrected chi connectivity index (χ0v) is 18.4. The van der Waals surface area contributed by atoms with Gasteiger partial charge in [-0.25, -0.2) is 9.89 Å². The molecule has 3 nitrogen and oxygen atoms in total. The molecule has 0 aromatic heterocycles. The second-order valence-corrected chi connectivity index (χ2v) is 8.51. The summed E-state index contributed by atoms with van der Waals surface area (Å²) in [4.78, 5) is 0. The van der Waals surface area contributed by atoms with E-state index in [0.717, 1.165) is 13.1 Å². The van der Waals surface area contributed by atoms with Gasteiger partial charge in [-0.15, -0.1) is 0 Å². The number of aliphatic hydroxyl groups is 1. The van der Waals surface area contributed by atoms with Gasteiger partial charge in [-0.2, -0.15) is 0 Å². The van der Waals surface area contributed by atoms with Crippen molar-refractivity contribution < 1.29 is 9.68 Å². The molecule has 27 heavy (non-hydrogen) atoms. The molecule has 1 rings (SSSR count). The van der Waals surface area contributed by atoms with Crippen LogP contribution in [0.15, 0.2) is 0 Å². The summed E-state index contributed by atoms with van der Waals surface area (Å²) in [5.74, 6) is 0. The Bertz CT molecular complexity index is 343. The van der Waals surface area contributed by atoms with Crippen LogP contribution in [0.3, 0.4) is 0 Å². The van der Waals surface area contributed by atoms with Crippen molar-refractivity contribution in [2.24, 2.45) is 0 Å². The Balaban J connectivity index is 1.73. The van der Waals surface area contributed by atoms with E-state index in [-0.39, 0.29) is 6.61 Å². The van der Waals surface area contributed by atoms with E-state index in [1.807, 2.05) is 0 Å². The summed E-state index contributed by atoms with van der Waals surface area (Å²) in [5, 5.41) is 12.6. The lowest BCUT2D eigenvalue weighted by Crippen LogP contribution is -2.34. The van der Waals surface area contributed by atoms with E-state index < -0.39 is 0 Å². The lowest BCUT2D eigenvalue weighted by Gasteiger charge is -2.10. The van der Waals surface area contributed by atoms with Crippen LogP contribution >= 0.6 is 0 Å². The van der Waals surface area contributed by atoms with Crippen LogP contribution in [0.2, 0.25) is 0 Å². The highest BCUT2D eigenvalue weighted by molar-refractivity contribution is 5.55. The Kier molecular flexibility index (Phi) is 17.3. The van der Waals surface area contributed by atoms with Crippen molar-refractivity contribution in [3.63, 3.8) is 0 Å². The number of nitrogens with one attached hydrogen (secondary N) is 1. The first-order valence-corrected chi connectivity index (χ1v) is 12.3. The zero-order chi connectivity index (χ0) is 19.4. The summed E-state index contributed by atoms with van der Waals surface area (Å²) in [6.45, 7) is 4.29. The van der Waals surface area contributed by atoms with Crippen molar-refractivity contribution in [1.82, 2.24) is 5.32 Å². The number of β-amino-alcohol motifs (C(OH)–C–C–N with tert-alkyl or cyclic N) is 1. The van der Waals surface area contributed by atoms with Gasteiger partial charge in [0.2, 0.25) is 6.17 Å². The summed E-state index contributed by atoms with van der Waals surface area (Å²) < 4.78 is 2.27. The summed E-state index contributed by atoms with van der Waals surface area (Å²) in [6, 6.07) is 0. The third-order valence-corrected chi connectivity index (χ3v) is 6.02. The fourth-order valence-corrected chi connectivity index (χ4v) is 4.24. The molecule has 0 aliphatic carbocycles. The third kappa shape index (κ3) is 14.3. The highest BCUT2D eigenvalue weighted by Crippen LogP contribution is 2.15. The number of nitrogens with zero attached hydrogens (tertiary/aromatic N) is 1. The zero-order valence-electron chi connectivity index (χ0n) is 18.4. The first kappa shape index (κ1) is 24.6. The Morgan fingerprint density at radius 1 is 0.741 bits per heavy atom. The Morgan fingerprint density at radius 3 is 1.63 bits per heavy atom. The van der Waals surface area contributed by atoms with Crippen LogP contribution in [-0.2, 0) is 0 Å². The number of aliphatic hydroxyl groups excluding tert-OH is 1. The van der Waals surface area contributed by atoms with Gasteiger partial charge >= 0.3 is 0 Å². The molecule has 160 valence electrons. The van der Waals surface area contributed by atoms with Crippen LogP contribution < -0.4 is 5.32 Å². The maximum Gasteiger partial charge on any atom is 0.206 e. The number of rotatable bonds is 20. The molecule has 0 saturated heterocycles. The van der Waals surface area contributed by atoms with E-state index in [4.69, 9.17) is 5.11 Å². The number of unbranched alkanes of at least 4 members (excludes halogenated alkanes) is 16. The Hall–Kier alpha value is -0.410. The first-order chi connectivity index (χ1) is 13.4. The SMILES string of the molecule is CCCCCCCCCCCCCCCCCCCC1NCC=[N+]1CCO. The highest BCUT2D eigenvalue weighted by atomic mass is 16.3. The fraction of sp³-hybridized carbons (Fsp3) is 0.958. The summed E-state index contributed by atoms with van der Waals surface area (Å²) in [5.41, 5.74) is 0. The number of hydrogen-bond acceptors (Lipinski definition) is 2. The second-order valence-electron chi connectivity index (χ2n) is 8.51. The third-order valence-electron chi connectivity index (χ3n) is 6.02. The van der Waals surface area contributed by atoms with Gasteiger partial charge in [0.25, 0.3) is 0 Å². The lowest BCUT2D eigenvalue weighted by molar-refractivity contribution is -0.561. The quantitative estimate of drug-likeness (QED) is 0.199. The van der Waals surface area contributed by atoms with Gasteiger partial charge in [0, 0.05) is 6.42 Å². The Labute approximate surface area is 170 Å². The maximum absolute atomic E-state index is 9.08. The van der Waals surface area contributed by atoms with Gasteiger partial charge in [-0.05, 0) is 6.42 Å². The van der Waals surface area contributed by atoms with Gasteiger partial charge in [0.1, 0.15) is 6.61 Å². The number of hydrogen-bond donors (Lipinski definition) is 2. The molecule has 2 N–H and O–H groups in total. The van der Waals surface area contributed by atoms with E-state index >= 15 is 0 Å². The van der Waals surface area contributed by atoms with E-state index in [0.29, 0.717) is 6.17 Å². The molecular weight excluding hydrogens is 332 g/mol. The molecule has 1 aliphatic heterocycles. The molecule has 1 heterocycles. The van der Waals surface area contributed by atoms with Crippen LogP contribution in [-0.4, -0.2) is 41.8 Å². The smallest absolute Gasteiger partial charge is 0.206 e. The molecule has 1 atom stereocenters. The standard InChI is InChI=1S/C24H49N2O/c1-2-3-4-5-6-7-8-9-10-11-12-13-14-15-16-17-18-19-24-25-20-21-26(24)22-23-27/h21,24-25,27H,2-20,22-23H2,1H3/q+1. The van der Waals surface area contributed by atoms with Crippen LogP contribution in [0.25, 0.3) is 0 Å². The molecule has 1 unspecified atom stereocenters. The molecule has 0 saturated carbocycles. The molecule has 0 aromatic rings. The molecule has 0 spiro atoms. The van der Waals surface area contributed by atoms with Crippen molar-refractivity contribution in [3.05, 3.63) is 0 Å². The average Bonchev–Trinajstić information content (AvgIpc) is 3.11.